The van der Waals surface area contributed by atoms with E-state index in [9.17, 15) is 27.6 Å². The number of benzene rings is 2. The number of hydrogen-bond donors (Lipinski definition) is 0. The van der Waals surface area contributed by atoms with Crippen LogP contribution >= 0.6 is 0 Å². The summed E-state index contributed by atoms with van der Waals surface area (Å²) in [5, 5.41) is 0. The summed E-state index contributed by atoms with van der Waals surface area (Å²) in [6.07, 6.45) is -4.30. The lowest BCUT2D eigenvalue weighted by Crippen LogP contribution is -2.45. The van der Waals surface area contributed by atoms with Crippen molar-refractivity contribution in [2.75, 3.05) is 24.5 Å². The van der Waals surface area contributed by atoms with E-state index in [4.69, 9.17) is 14.2 Å². The van der Waals surface area contributed by atoms with Crippen LogP contribution in [0.3, 0.4) is 0 Å². The Bertz CT molecular complexity index is 1380. The van der Waals surface area contributed by atoms with Gasteiger partial charge in [0.05, 0.1) is 12.0 Å². The van der Waals surface area contributed by atoms with E-state index in [1.54, 1.807) is 70.7 Å². The minimum atomic E-state index is -4.51. The van der Waals surface area contributed by atoms with Gasteiger partial charge in [-0.3, -0.25) is 14.5 Å². The standard InChI is InChI=1S/C34H45F3N2O6/c1-22(2)17-23-9-10-25(27(18-23)34(35,36)37)21-43-26-11-12-28-24(19-26)13-16-39(28)29(40)20-38(31(42)45-33(6,7)8)15-14-30(41)44-32(3,4)5/h9-12,18-19,22H,13-17,20-21H2,1-8H3. The van der Waals surface area contributed by atoms with Crippen LogP contribution in [0.4, 0.5) is 23.7 Å². The molecule has 0 radical (unpaired) electrons. The second-order valence-corrected chi connectivity index (χ2v) is 13.7. The number of hydrogen-bond acceptors (Lipinski definition) is 6. The van der Waals surface area contributed by atoms with Crippen molar-refractivity contribution in [3.05, 3.63) is 58.7 Å². The number of ether oxygens (including phenoxy) is 3. The van der Waals surface area contributed by atoms with Gasteiger partial charge in [-0.1, -0.05) is 26.0 Å². The molecule has 1 heterocycles. The highest BCUT2D eigenvalue weighted by Gasteiger charge is 2.34. The number of fused-ring (bicyclic) bond motifs is 1. The Balaban J connectivity index is 1.71. The number of esters is 1. The predicted octanol–water partition coefficient (Wildman–Crippen LogP) is 7.34. The van der Waals surface area contributed by atoms with Gasteiger partial charge in [0.1, 0.15) is 30.1 Å². The molecule has 1 aliphatic rings. The third-order valence-corrected chi connectivity index (χ3v) is 6.75. The first kappa shape index (κ1) is 35.7. The summed E-state index contributed by atoms with van der Waals surface area (Å²) in [6.45, 7) is 14.0. The first-order valence-corrected chi connectivity index (χ1v) is 15.2. The SMILES string of the molecule is CC(C)Cc1ccc(COc2ccc3c(c2)CCN3C(=O)CN(CCC(=O)OC(C)(C)C)C(=O)OC(C)(C)C)c(C(F)(F)F)c1. The summed E-state index contributed by atoms with van der Waals surface area (Å²) in [4.78, 5) is 41.4. The first-order chi connectivity index (χ1) is 20.7. The third-order valence-electron chi connectivity index (χ3n) is 6.75. The summed E-state index contributed by atoms with van der Waals surface area (Å²) < 4.78 is 58.0. The molecule has 8 nitrogen and oxygen atoms in total. The fraction of sp³-hybridized carbons (Fsp3) is 0.559. The maximum Gasteiger partial charge on any atom is 0.416 e. The Morgan fingerprint density at radius 3 is 2.20 bits per heavy atom. The lowest BCUT2D eigenvalue weighted by Gasteiger charge is -2.29. The molecule has 0 N–H and O–H groups in total. The Morgan fingerprint density at radius 2 is 1.60 bits per heavy atom. The van der Waals surface area contributed by atoms with Crippen molar-refractivity contribution in [2.45, 2.75) is 98.6 Å². The van der Waals surface area contributed by atoms with Crippen molar-refractivity contribution in [2.24, 2.45) is 5.92 Å². The molecule has 3 rings (SSSR count). The normalized spacial score (nSPS) is 13.5. The average molecular weight is 635 g/mol. The molecule has 2 amide bonds. The molecule has 0 spiro atoms. The van der Waals surface area contributed by atoms with Gasteiger partial charge in [0, 0.05) is 24.3 Å². The van der Waals surface area contributed by atoms with Gasteiger partial charge in [0.25, 0.3) is 0 Å². The number of amides is 2. The van der Waals surface area contributed by atoms with Gasteiger partial charge in [-0.15, -0.1) is 0 Å². The fourth-order valence-electron chi connectivity index (χ4n) is 4.93. The van der Waals surface area contributed by atoms with Crippen LogP contribution in [0, 0.1) is 5.92 Å². The number of carbonyl (C=O) groups excluding carboxylic acids is 3. The summed E-state index contributed by atoms with van der Waals surface area (Å²) in [5.74, 6) is -0.260. The van der Waals surface area contributed by atoms with Crippen LogP contribution in [0.2, 0.25) is 0 Å². The van der Waals surface area contributed by atoms with Crippen LogP contribution in [-0.4, -0.2) is 53.7 Å². The smallest absolute Gasteiger partial charge is 0.416 e. The monoisotopic (exact) mass is 634 g/mol. The van der Waals surface area contributed by atoms with Crippen molar-refractivity contribution < 1.29 is 41.8 Å². The maximum atomic E-state index is 13.8. The average Bonchev–Trinajstić information content (AvgIpc) is 3.30. The van der Waals surface area contributed by atoms with E-state index in [1.165, 1.54) is 17.0 Å². The van der Waals surface area contributed by atoms with E-state index in [-0.39, 0.29) is 43.5 Å². The second kappa shape index (κ2) is 14.1. The van der Waals surface area contributed by atoms with Crippen LogP contribution in [0.25, 0.3) is 0 Å². The van der Waals surface area contributed by atoms with E-state index >= 15 is 0 Å². The minimum Gasteiger partial charge on any atom is -0.489 e. The number of nitrogens with zero attached hydrogens (tertiary/aromatic N) is 2. The molecule has 45 heavy (non-hydrogen) atoms. The second-order valence-electron chi connectivity index (χ2n) is 13.7. The number of anilines is 1. The zero-order valence-corrected chi connectivity index (χ0v) is 27.5. The van der Waals surface area contributed by atoms with Gasteiger partial charge in [-0.25, -0.2) is 4.79 Å². The highest BCUT2D eigenvalue weighted by molar-refractivity contribution is 5.98. The van der Waals surface area contributed by atoms with Gasteiger partial charge in [-0.2, -0.15) is 13.2 Å². The number of rotatable bonds is 10. The van der Waals surface area contributed by atoms with E-state index in [0.717, 1.165) is 5.56 Å². The summed E-state index contributed by atoms with van der Waals surface area (Å²) in [6, 6.07) is 9.38. The van der Waals surface area contributed by atoms with Gasteiger partial charge in [-0.05, 0) is 95.7 Å². The number of alkyl halides is 3. The van der Waals surface area contributed by atoms with E-state index in [1.807, 2.05) is 13.8 Å². The molecule has 0 saturated heterocycles. The molecular formula is C34H45F3N2O6. The quantitative estimate of drug-likeness (QED) is 0.254. The lowest BCUT2D eigenvalue weighted by atomic mass is 9.98. The molecule has 0 saturated carbocycles. The molecule has 0 aliphatic carbocycles. The van der Waals surface area contributed by atoms with Crippen LogP contribution in [0.1, 0.15) is 84.1 Å². The van der Waals surface area contributed by atoms with E-state index < -0.39 is 35.0 Å². The van der Waals surface area contributed by atoms with Gasteiger partial charge >= 0.3 is 18.2 Å². The van der Waals surface area contributed by atoms with E-state index in [0.29, 0.717) is 36.4 Å². The number of halogens is 3. The molecule has 1 aliphatic heterocycles. The highest BCUT2D eigenvalue weighted by atomic mass is 19.4. The van der Waals surface area contributed by atoms with Crippen LogP contribution in [-0.2, 0) is 44.7 Å². The molecule has 0 unspecified atom stereocenters. The molecule has 0 fully saturated rings. The van der Waals surface area contributed by atoms with Crippen molar-refractivity contribution in [3.63, 3.8) is 0 Å². The molecule has 0 atom stereocenters. The molecule has 11 heteroatoms. The minimum absolute atomic E-state index is 0.0425. The van der Waals surface area contributed by atoms with Crippen LogP contribution in [0.15, 0.2) is 36.4 Å². The highest BCUT2D eigenvalue weighted by Crippen LogP contribution is 2.35. The Kier molecular flexibility index (Phi) is 11.2. The zero-order chi connectivity index (χ0) is 33.7. The molecule has 0 bridgehead atoms. The first-order valence-electron chi connectivity index (χ1n) is 15.2. The van der Waals surface area contributed by atoms with Crippen LogP contribution in [0.5, 0.6) is 5.75 Å². The number of carbonyl (C=O) groups is 3. The van der Waals surface area contributed by atoms with Crippen molar-refractivity contribution >= 4 is 23.7 Å². The van der Waals surface area contributed by atoms with E-state index in [2.05, 4.69) is 0 Å². The van der Waals surface area contributed by atoms with Gasteiger partial charge < -0.3 is 19.1 Å². The summed E-state index contributed by atoms with van der Waals surface area (Å²) in [7, 11) is 0. The molecule has 248 valence electrons. The Hall–Kier alpha value is -3.76. The van der Waals surface area contributed by atoms with Crippen molar-refractivity contribution in [1.82, 2.24) is 4.90 Å². The molecule has 0 aromatic heterocycles. The zero-order valence-electron chi connectivity index (χ0n) is 27.5. The van der Waals surface area contributed by atoms with Gasteiger partial charge in [0.2, 0.25) is 5.91 Å². The molecule has 2 aromatic carbocycles. The maximum absolute atomic E-state index is 13.8. The Morgan fingerprint density at radius 1 is 0.933 bits per heavy atom. The lowest BCUT2D eigenvalue weighted by molar-refractivity contribution is -0.155. The van der Waals surface area contributed by atoms with Crippen LogP contribution < -0.4 is 9.64 Å². The van der Waals surface area contributed by atoms with Gasteiger partial charge in [0.15, 0.2) is 0 Å². The summed E-state index contributed by atoms with van der Waals surface area (Å²) >= 11 is 0. The molecule has 2 aromatic rings. The molecular weight excluding hydrogens is 589 g/mol. The van der Waals surface area contributed by atoms with Crippen molar-refractivity contribution in [3.8, 4) is 5.75 Å². The predicted molar refractivity (Wildman–Crippen MR) is 165 cm³/mol. The largest absolute Gasteiger partial charge is 0.489 e. The summed E-state index contributed by atoms with van der Waals surface area (Å²) in [5.41, 5.74) is -0.124. The third kappa shape index (κ3) is 11.0. The topological polar surface area (TPSA) is 85.4 Å². The fourth-order valence-corrected chi connectivity index (χ4v) is 4.93. The Labute approximate surface area is 263 Å². The van der Waals surface area contributed by atoms with Crippen molar-refractivity contribution in [1.29, 1.82) is 0 Å².